The Morgan fingerprint density at radius 2 is 2.14 bits per heavy atom. The van der Waals surface area contributed by atoms with E-state index in [4.69, 9.17) is 0 Å². The third kappa shape index (κ3) is 3.90. The van der Waals surface area contributed by atoms with Crippen molar-refractivity contribution in [2.24, 2.45) is 0 Å². The van der Waals surface area contributed by atoms with Gasteiger partial charge in [0.1, 0.15) is 10.7 Å². The number of nitrogens with zero attached hydrogens (tertiary/aromatic N) is 1. The number of hydrogen-bond donors (Lipinski definition) is 1. The van der Waals surface area contributed by atoms with Crippen molar-refractivity contribution in [1.29, 1.82) is 0 Å². The average Bonchev–Trinajstić information content (AvgIpc) is 2.48. The Hall–Kier alpha value is -1.24. The molecule has 1 aromatic carbocycles. The summed E-state index contributed by atoms with van der Waals surface area (Å²) in [5, 5.41) is 3.16. The van der Waals surface area contributed by atoms with Gasteiger partial charge in [-0.3, -0.25) is 0 Å². The molecule has 1 aliphatic heterocycles. The van der Waals surface area contributed by atoms with E-state index in [0.717, 1.165) is 18.5 Å². The van der Waals surface area contributed by atoms with Crippen LogP contribution in [0.1, 0.15) is 25.3 Å². The van der Waals surface area contributed by atoms with E-state index in [1.807, 2.05) is 6.08 Å². The number of sulfonamides is 1. The normalized spacial score (nSPS) is 16.3. The molecular weight excluding hydrogens is 291 g/mol. The van der Waals surface area contributed by atoms with Crippen molar-refractivity contribution in [1.82, 2.24) is 9.62 Å². The van der Waals surface area contributed by atoms with Crippen molar-refractivity contribution in [2.45, 2.75) is 31.2 Å². The van der Waals surface area contributed by atoms with Crippen LogP contribution in [0, 0.1) is 5.82 Å². The van der Waals surface area contributed by atoms with Gasteiger partial charge in [0.25, 0.3) is 0 Å². The lowest BCUT2D eigenvalue weighted by molar-refractivity contribution is 0.432. The highest BCUT2D eigenvalue weighted by molar-refractivity contribution is 7.89. The Morgan fingerprint density at radius 3 is 2.76 bits per heavy atom. The molecule has 0 aromatic heterocycles. The zero-order chi connectivity index (χ0) is 15.3. The molecule has 1 aromatic rings. The first-order valence-electron chi connectivity index (χ1n) is 7.20. The molecule has 0 unspecified atom stereocenters. The number of halogens is 1. The van der Waals surface area contributed by atoms with Gasteiger partial charge in [-0.15, -0.1) is 0 Å². The van der Waals surface area contributed by atoms with E-state index in [1.54, 1.807) is 12.1 Å². The topological polar surface area (TPSA) is 49.4 Å². The van der Waals surface area contributed by atoms with Crippen LogP contribution in [0.5, 0.6) is 0 Å². The summed E-state index contributed by atoms with van der Waals surface area (Å²) < 4.78 is 40.3. The van der Waals surface area contributed by atoms with Crippen LogP contribution < -0.4 is 5.32 Å². The Morgan fingerprint density at radius 1 is 1.33 bits per heavy atom. The van der Waals surface area contributed by atoms with Crippen LogP contribution in [-0.4, -0.2) is 32.4 Å². The van der Waals surface area contributed by atoms with Crippen molar-refractivity contribution in [3.63, 3.8) is 0 Å². The molecule has 0 saturated heterocycles. The van der Waals surface area contributed by atoms with Gasteiger partial charge in [0.05, 0.1) is 0 Å². The van der Waals surface area contributed by atoms with Crippen molar-refractivity contribution in [2.75, 3.05) is 19.6 Å². The van der Waals surface area contributed by atoms with Gasteiger partial charge in [0.15, 0.2) is 0 Å². The zero-order valence-electron chi connectivity index (χ0n) is 12.2. The van der Waals surface area contributed by atoms with Crippen LogP contribution in [0.15, 0.2) is 35.2 Å². The lowest BCUT2D eigenvalue weighted by Crippen LogP contribution is -2.34. The number of nitrogens with one attached hydrogen (secondary N) is 1. The molecule has 4 nitrogen and oxygen atoms in total. The summed E-state index contributed by atoms with van der Waals surface area (Å²) in [7, 11) is -3.75. The maximum Gasteiger partial charge on any atom is 0.246 e. The molecule has 1 aliphatic rings. The number of rotatable bonds is 6. The third-order valence-corrected chi connectivity index (χ3v) is 5.29. The van der Waals surface area contributed by atoms with Crippen LogP contribution in [0.3, 0.4) is 0 Å². The minimum Gasteiger partial charge on any atom is -0.313 e. The Labute approximate surface area is 125 Å². The van der Waals surface area contributed by atoms with Crippen LogP contribution in [0.25, 0.3) is 0 Å². The largest absolute Gasteiger partial charge is 0.313 e. The lowest BCUT2D eigenvalue weighted by Gasteiger charge is -2.23. The lowest BCUT2D eigenvalue weighted by atomic mass is 10.2. The second kappa shape index (κ2) is 7.15. The van der Waals surface area contributed by atoms with Crippen molar-refractivity contribution < 1.29 is 12.8 Å². The fourth-order valence-electron chi connectivity index (χ4n) is 2.25. The first-order chi connectivity index (χ1) is 10.1. The van der Waals surface area contributed by atoms with E-state index < -0.39 is 15.8 Å². The third-order valence-electron chi connectivity index (χ3n) is 3.39. The summed E-state index contributed by atoms with van der Waals surface area (Å²) in [4.78, 5) is -0.239. The molecule has 116 valence electrons. The highest BCUT2D eigenvalue weighted by Gasteiger charge is 2.27. The first kappa shape index (κ1) is 16.1. The number of benzene rings is 1. The Bertz CT molecular complexity index is 614. The van der Waals surface area contributed by atoms with E-state index in [0.29, 0.717) is 26.1 Å². The molecular formula is C15H21FN2O2S. The second-order valence-electron chi connectivity index (χ2n) is 5.06. The molecule has 1 heterocycles. The van der Waals surface area contributed by atoms with Gasteiger partial charge in [-0.2, -0.15) is 4.31 Å². The standard InChI is InChI=1S/C15H21FN2O2S/c1-2-8-17-12-13-6-7-15(14(16)11-13)21(19,20)18-9-4-3-5-10-18/h3-4,6-7,11,17H,2,5,8-10,12H2,1H3. The first-order valence-corrected chi connectivity index (χ1v) is 8.64. The van der Waals surface area contributed by atoms with Crippen LogP contribution in [0.4, 0.5) is 4.39 Å². The molecule has 2 rings (SSSR count). The van der Waals surface area contributed by atoms with Gasteiger partial charge in [0.2, 0.25) is 10.0 Å². The summed E-state index contributed by atoms with van der Waals surface area (Å²) in [6.45, 7) is 4.15. The van der Waals surface area contributed by atoms with Crippen LogP contribution in [0.2, 0.25) is 0 Å². The average molecular weight is 312 g/mol. The predicted molar refractivity (Wildman–Crippen MR) is 80.9 cm³/mol. The monoisotopic (exact) mass is 312 g/mol. The molecule has 21 heavy (non-hydrogen) atoms. The summed E-state index contributed by atoms with van der Waals surface area (Å²) >= 11 is 0. The smallest absolute Gasteiger partial charge is 0.246 e. The highest BCUT2D eigenvalue weighted by atomic mass is 32.2. The summed E-state index contributed by atoms with van der Waals surface area (Å²) in [5.74, 6) is -0.680. The molecule has 0 atom stereocenters. The fourth-order valence-corrected chi connectivity index (χ4v) is 3.70. The minimum atomic E-state index is -3.75. The number of hydrogen-bond acceptors (Lipinski definition) is 3. The maximum absolute atomic E-state index is 14.2. The maximum atomic E-state index is 14.2. The molecule has 0 fully saturated rings. The van der Waals surface area contributed by atoms with E-state index in [9.17, 15) is 12.8 Å². The molecule has 1 N–H and O–H groups in total. The van der Waals surface area contributed by atoms with Crippen LogP contribution >= 0.6 is 0 Å². The Balaban J connectivity index is 2.18. The van der Waals surface area contributed by atoms with Gasteiger partial charge in [-0.05, 0) is 37.1 Å². The highest BCUT2D eigenvalue weighted by Crippen LogP contribution is 2.22. The SMILES string of the molecule is CCCNCc1ccc(S(=O)(=O)N2CC=CCC2)c(F)c1. The van der Waals surface area contributed by atoms with Crippen molar-refractivity contribution in [3.05, 3.63) is 41.7 Å². The zero-order valence-corrected chi connectivity index (χ0v) is 13.0. The fraction of sp³-hybridized carbons (Fsp3) is 0.467. The summed E-state index contributed by atoms with van der Waals surface area (Å²) in [6, 6.07) is 4.33. The van der Waals surface area contributed by atoms with Crippen molar-refractivity contribution >= 4 is 10.0 Å². The van der Waals surface area contributed by atoms with Crippen LogP contribution in [-0.2, 0) is 16.6 Å². The molecule has 6 heteroatoms. The minimum absolute atomic E-state index is 0.239. The molecule has 0 saturated carbocycles. The van der Waals surface area contributed by atoms with E-state index in [-0.39, 0.29) is 4.90 Å². The van der Waals surface area contributed by atoms with E-state index in [2.05, 4.69) is 12.2 Å². The molecule has 0 spiro atoms. The second-order valence-corrected chi connectivity index (χ2v) is 6.97. The quantitative estimate of drug-likeness (QED) is 0.647. The molecule has 0 bridgehead atoms. The molecule has 0 radical (unpaired) electrons. The molecule has 0 amide bonds. The van der Waals surface area contributed by atoms with Gasteiger partial charge in [0, 0.05) is 19.6 Å². The predicted octanol–water partition coefficient (Wildman–Crippen LogP) is 2.28. The van der Waals surface area contributed by atoms with Gasteiger partial charge in [-0.25, -0.2) is 12.8 Å². The Kier molecular flexibility index (Phi) is 5.50. The van der Waals surface area contributed by atoms with E-state index in [1.165, 1.54) is 16.4 Å². The van der Waals surface area contributed by atoms with E-state index >= 15 is 0 Å². The van der Waals surface area contributed by atoms with Gasteiger partial charge in [-0.1, -0.05) is 25.1 Å². The van der Waals surface area contributed by atoms with Gasteiger partial charge < -0.3 is 5.32 Å². The summed E-state index contributed by atoms with van der Waals surface area (Å²) in [6.07, 6.45) is 5.39. The van der Waals surface area contributed by atoms with Crippen molar-refractivity contribution in [3.8, 4) is 0 Å². The summed E-state index contributed by atoms with van der Waals surface area (Å²) in [5.41, 5.74) is 0.749. The van der Waals surface area contributed by atoms with Gasteiger partial charge >= 0.3 is 0 Å². The molecule has 0 aliphatic carbocycles.